The average molecular weight is 128 g/mol. The van der Waals surface area contributed by atoms with Crippen LogP contribution in [0.1, 0.15) is 27.2 Å². The van der Waals surface area contributed by atoms with E-state index in [4.69, 9.17) is 7.85 Å². The molecule has 0 spiro atoms. The molecule has 2 heteroatoms. The van der Waals surface area contributed by atoms with E-state index in [1.54, 1.807) is 0 Å². The standard InChI is InChI=1S/C7H14BF/c1-6(8)4-7(2,3)5-9/h6H,4-5H2,1-3H3. The van der Waals surface area contributed by atoms with Gasteiger partial charge in [-0.3, -0.25) is 4.39 Å². The molecule has 1 unspecified atom stereocenters. The second-order valence-electron chi connectivity index (χ2n) is 3.48. The van der Waals surface area contributed by atoms with E-state index in [0.717, 1.165) is 6.42 Å². The van der Waals surface area contributed by atoms with E-state index in [0.29, 0.717) is 0 Å². The molecule has 9 heavy (non-hydrogen) atoms. The molecule has 0 aromatic rings. The lowest BCUT2D eigenvalue weighted by molar-refractivity contribution is 0.238. The summed E-state index contributed by atoms with van der Waals surface area (Å²) in [7, 11) is 5.49. The van der Waals surface area contributed by atoms with E-state index >= 15 is 0 Å². The van der Waals surface area contributed by atoms with Gasteiger partial charge in [-0.15, -0.1) is 0 Å². The molecule has 0 aliphatic carbocycles. The number of alkyl halides is 1. The van der Waals surface area contributed by atoms with Gasteiger partial charge in [0.05, 0.1) is 14.5 Å². The highest BCUT2D eigenvalue weighted by molar-refractivity contribution is 6.11. The molecule has 0 aliphatic heterocycles. The van der Waals surface area contributed by atoms with Gasteiger partial charge in [0, 0.05) is 0 Å². The Kier molecular flexibility index (Phi) is 3.23. The minimum atomic E-state index is -0.283. The predicted octanol–water partition coefficient (Wildman–Crippen LogP) is 2.35. The van der Waals surface area contributed by atoms with Crippen molar-refractivity contribution in [2.75, 3.05) is 6.67 Å². The summed E-state index contributed by atoms with van der Waals surface area (Å²) in [5.41, 5.74) is -0.228. The van der Waals surface area contributed by atoms with Crippen molar-refractivity contribution in [3.63, 3.8) is 0 Å². The van der Waals surface area contributed by atoms with Crippen molar-refractivity contribution >= 4 is 7.85 Å². The SMILES string of the molecule is [B]C(C)CC(C)(C)CF. The Morgan fingerprint density at radius 1 is 1.56 bits per heavy atom. The molecule has 2 radical (unpaired) electrons. The van der Waals surface area contributed by atoms with Crippen molar-refractivity contribution in [2.24, 2.45) is 5.41 Å². The molecule has 0 fully saturated rings. The molecule has 0 amide bonds. The summed E-state index contributed by atoms with van der Waals surface area (Å²) in [5.74, 6) is 0.107. The van der Waals surface area contributed by atoms with E-state index in [1.807, 2.05) is 20.8 Å². The van der Waals surface area contributed by atoms with Crippen molar-refractivity contribution in [2.45, 2.75) is 33.0 Å². The van der Waals surface area contributed by atoms with Gasteiger partial charge < -0.3 is 0 Å². The van der Waals surface area contributed by atoms with Crippen LogP contribution in [0.25, 0.3) is 0 Å². The second kappa shape index (κ2) is 3.24. The average Bonchev–Trinajstić information content (AvgIpc) is 1.63. The van der Waals surface area contributed by atoms with Crippen LogP contribution in [0.4, 0.5) is 4.39 Å². The van der Waals surface area contributed by atoms with E-state index in [1.165, 1.54) is 0 Å². The smallest absolute Gasteiger partial charge is 0.0945 e. The van der Waals surface area contributed by atoms with Gasteiger partial charge in [0.2, 0.25) is 0 Å². The lowest BCUT2D eigenvalue weighted by Gasteiger charge is -2.22. The molecule has 0 saturated heterocycles. The topological polar surface area (TPSA) is 0 Å². The largest absolute Gasteiger partial charge is 0.251 e. The molecule has 0 aromatic carbocycles. The van der Waals surface area contributed by atoms with E-state index in [-0.39, 0.29) is 17.9 Å². The van der Waals surface area contributed by atoms with Crippen LogP contribution >= 0.6 is 0 Å². The molecule has 1 atom stereocenters. The van der Waals surface area contributed by atoms with E-state index in [9.17, 15) is 4.39 Å². The Morgan fingerprint density at radius 2 is 2.00 bits per heavy atom. The zero-order chi connectivity index (χ0) is 7.49. The summed E-state index contributed by atoms with van der Waals surface area (Å²) in [4.78, 5) is 0. The predicted molar refractivity (Wildman–Crippen MR) is 39.6 cm³/mol. The van der Waals surface area contributed by atoms with Crippen LogP contribution in [-0.4, -0.2) is 14.5 Å². The van der Waals surface area contributed by atoms with Crippen LogP contribution < -0.4 is 0 Å². The summed E-state index contributed by atoms with van der Waals surface area (Å²) < 4.78 is 12.1. The summed E-state index contributed by atoms with van der Waals surface area (Å²) in [5, 5.41) is 0. The number of hydrogen-bond donors (Lipinski definition) is 0. The lowest BCUT2D eigenvalue weighted by Crippen LogP contribution is -2.15. The van der Waals surface area contributed by atoms with Crippen LogP contribution in [0.2, 0.25) is 5.82 Å². The van der Waals surface area contributed by atoms with Gasteiger partial charge in [-0.05, 0) is 5.41 Å². The highest BCUT2D eigenvalue weighted by Gasteiger charge is 2.18. The summed E-state index contributed by atoms with van der Waals surface area (Å²) >= 11 is 0. The van der Waals surface area contributed by atoms with Crippen molar-refractivity contribution < 1.29 is 4.39 Å². The maximum atomic E-state index is 12.1. The molecule has 0 bridgehead atoms. The Morgan fingerprint density at radius 3 is 2.11 bits per heavy atom. The van der Waals surface area contributed by atoms with Crippen molar-refractivity contribution in [1.82, 2.24) is 0 Å². The molecular formula is C7H14BF. The quantitative estimate of drug-likeness (QED) is 0.511. The molecule has 52 valence electrons. The first-order chi connectivity index (χ1) is 3.98. The fourth-order valence-corrected chi connectivity index (χ4v) is 0.926. The zero-order valence-corrected chi connectivity index (χ0v) is 6.45. The van der Waals surface area contributed by atoms with Crippen LogP contribution in [0.3, 0.4) is 0 Å². The zero-order valence-electron chi connectivity index (χ0n) is 6.45. The van der Waals surface area contributed by atoms with Crippen molar-refractivity contribution in [3.05, 3.63) is 0 Å². The summed E-state index contributed by atoms with van der Waals surface area (Å²) in [6.07, 6.45) is 0.753. The third-order valence-corrected chi connectivity index (χ3v) is 1.24. The van der Waals surface area contributed by atoms with Gasteiger partial charge in [-0.25, -0.2) is 0 Å². The van der Waals surface area contributed by atoms with Gasteiger partial charge in [0.15, 0.2) is 0 Å². The van der Waals surface area contributed by atoms with Gasteiger partial charge in [-0.1, -0.05) is 33.0 Å². The van der Waals surface area contributed by atoms with Crippen LogP contribution in [0.5, 0.6) is 0 Å². The van der Waals surface area contributed by atoms with Crippen LogP contribution in [0, 0.1) is 5.41 Å². The molecule has 0 saturated carbocycles. The first-order valence-electron chi connectivity index (χ1n) is 3.29. The molecule has 0 aliphatic rings. The van der Waals surface area contributed by atoms with Gasteiger partial charge in [-0.2, -0.15) is 0 Å². The monoisotopic (exact) mass is 128 g/mol. The second-order valence-corrected chi connectivity index (χ2v) is 3.48. The van der Waals surface area contributed by atoms with E-state index < -0.39 is 0 Å². The van der Waals surface area contributed by atoms with Gasteiger partial charge in [0.25, 0.3) is 0 Å². The number of rotatable bonds is 3. The first-order valence-corrected chi connectivity index (χ1v) is 3.29. The molecular weight excluding hydrogens is 114 g/mol. The maximum absolute atomic E-state index is 12.1. The Labute approximate surface area is 58.2 Å². The molecule has 0 nitrogen and oxygen atoms in total. The lowest BCUT2D eigenvalue weighted by atomic mass is 9.76. The normalized spacial score (nSPS) is 15.6. The molecule has 0 rings (SSSR count). The first kappa shape index (κ1) is 8.99. The van der Waals surface area contributed by atoms with Crippen molar-refractivity contribution in [1.29, 1.82) is 0 Å². The third-order valence-electron chi connectivity index (χ3n) is 1.24. The van der Waals surface area contributed by atoms with Gasteiger partial charge >= 0.3 is 0 Å². The van der Waals surface area contributed by atoms with Crippen LogP contribution in [-0.2, 0) is 0 Å². The Balaban J connectivity index is 3.58. The minimum Gasteiger partial charge on any atom is -0.251 e. The Hall–Kier alpha value is -0.00506. The summed E-state index contributed by atoms with van der Waals surface area (Å²) in [6, 6.07) is 0. The fraction of sp³-hybridized carbons (Fsp3) is 1.00. The summed E-state index contributed by atoms with van der Waals surface area (Å²) in [6.45, 7) is 5.39. The van der Waals surface area contributed by atoms with Gasteiger partial charge in [0.1, 0.15) is 0 Å². The minimum absolute atomic E-state index is 0.107. The van der Waals surface area contributed by atoms with Crippen molar-refractivity contribution in [3.8, 4) is 0 Å². The number of hydrogen-bond acceptors (Lipinski definition) is 0. The Bertz CT molecular complexity index is 79.0. The fourth-order valence-electron chi connectivity index (χ4n) is 0.926. The molecule has 0 aromatic heterocycles. The molecule has 0 N–H and O–H groups in total. The highest BCUT2D eigenvalue weighted by Crippen LogP contribution is 2.26. The highest BCUT2D eigenvalue weighted by atomic mass is 19.1. The molecule has 0 heterocycles. The third kappa shape index (κ3) is 4.50. The van der Waals surface area contributed by atoms with Crippen LogP contribution in [0.15, 0.2) is 0 Å². The van der Waals surface area contributed by atoms with E-state index in [2.05, 4.69) is 0 Å². The number of halogens is 1. The maximum Gasteiger partial charge on any atom is 0.0945 e.